The minimum Gasteiger partial charge on any atom is -0.444 e. The van der Waals surface area contributed by atoms with Crippen molar-refractivity contribution in [1.29, 1.82) is 0 Å². The summed E-state index contributed by atoms with van der Waals surface area (Å²) in [5.74, 6) is -0.277. The van der Waals surface area contributed by atoms with Gasteiger partial charge in [-0.1, -0.05) is 94.4 Å². The van der Waals surface area contributed by atoms with E-state index in [0.29, 0.717) is 30.9 Å². The lowest BCUT2D eigenvalue weighted by Gasteiger charge is -2.30. The Hall–Kier alpha value is -5.99. The molecule has 1 aliphatic rings. The van der Waals surface area contributed by atoms with Crippen LogP contribution in [0.2, 0.25) is 0 Å². The molecule has 0 spiro atoms. The maximum absolute atomic E-state index is 13.9. The average Bonchev–Trinajstić information content (AvgIpc) is 4.10. The van der Waals surface area contributed by atoms with E-state index >= 15 is 0 Å². The molecule has 0 saturated carbocycles. The number of carbonyl (C=O) groups excluding carboxylic acids is 3. The zero-order valence-corrected chi connectivity index (χ0v) is 39.6. The Morgan fingerprint density at radius 2 is 1.64 bits per heavy atom. The Labute approximate surface area is 391 Å². The van der Waals surface area contributed by atoms with Gasteiger partial charge in [0.2, 0.25) is 5.91 Å². The van der Waals surface area contributed by atoms with Crippen LogP contribution >= 0.6 is 22.7 Å². The number of aliphatic hydroxyl groups excluding tert-OH is 2. The fraction of sp³-hybridized carbons (Fsp3) is 0.426. The number of alkyl carbamates (subject to hydrolysis) is 1. The van der Waals surface area contributed by atoms with E-state index in [-0.39, 0.29) is 37.5 Å². The summed E-state index contributed by atoms with van der Waals surface area (Å²) in [6.45, 7) is 9.76. The van der Waals surface area contributed by atoms with Crippen molar-refractivity contribution in [1.82, 2.24) is 40.4 Å². The second-order valence-electron chi connectivity index (χ2n) is 16.7. The first-order valence-corrected chi connectivity index (χ1v) is 23.5. The summed E-state index contributed by atoms with van der Waals surface area (Å²) in [6.07, 6.45) is 4.65. The maximum atomic E-state index is 13.9. The van der Waals surface area contributed by atoms with Crippen molar-refractivity contribution in [2.45, 2.75) is 110 Å². The van der Waals surface area contributed by atoms with Crippen LogP contribution in [0.1, 0.15) is 78.5 Å². The minimum atomic E-state index is -1.05. The summed E-state index contributed by atoms with van der Waals surface area (Å²) in [6, 6.07) is 16.8. The Bertz CT molecular complexity index is 2440. The second-order valence-corrected chi connectivity index (χ2v) is 18.5. The molecular weight excluding hydrogens is 885 g/mol. The van der Waals surface area contributed by atoms with Crippen LogP contribution in [-0.2, 0) is 40.3 Å². The molecule has 0 aliphatic carbocycles. The van der Waals surface area contributed by atoms with Crippen molar-refractivity contribution in [3.05, 3.63) is 149 Å². The Morgan fingerprint density at radius 1 is 0.955 bits per heavy atom. The van der Waals surface area contributed by atoms with Crippen molar-refractivity contribution in [3.63, 3.8) is 0 Å². The number of thiazole rings is 2. The molecule has 6 N–H and O–H groups in total. The van der Waals surface area contributed by atoms with E-state index in [0.717, 1.165) is 26.7 Å². The molecule has 0 saturated heterocycles. The second kappa shape index (κ2) is 25.1. The molecule has 354 valence electrons. The number of hydrogen-bond donors (Lipinski definition) is 6. The van der Waals surface area contributed by atoms with Gasteiger partial charge in [-0.3, -0.25) is 24.1 Å². The number of hydrogen-bond acceptors (Lipinski definition) is 13. The quantitative estimate of drug-likeness (QED) is 0.0590. The highest BCUT2D eigenvalue weighted by atomic mass is 32.1. The number of benzene rings is 2. The summed E-state index contributed by atoms with van der Waals surface area (Å²) < 4.78 is 12.1. The van der Waals surface area contributed by atoms with E-state index in [9.17, 15) is 29.1 Å². The molecule has 19 heteroatoms. The normalized spacial score (nSPS) is 16.2. The number of nitrogens with zero attached hydrogens (tertiary/aromatic N) is 4. The molecule has 6 rings (SSSR count). The van der Waals surface area contributed by atoms with Crippen molar-refractivity contribution in [2.24, 2.45) is 5.92 Å². The van der Waals surface area contributed by atoms with Gasteiger partial charge in [0.05, 0.1) is 46.4 Å². The molecule has 1 aliphatic heterocycles. The lowest BCUT2D eigenvalue weighted by molar-refractivity contribution is -0.124. The largest absolute Gasteiger partial charge is 0.444 e. The fourth-order valence-electron chi connectivity index (χ4n) is 6.91. The van der Waals surface area contributed by atoms with Crippen LogP contribution in [0.15, 0.2) is 106 Å². The molecule has 5 aromatic rings. The highest BCUT2D eigenvalue weighted by molar-refractivity contribution is 7.09. The van der Waals surface area contributed by atoms with E-state index in [1.54, 1.807) is 49.2 Å². The third kappa shape index (κ3) is 15.6. The van der Waals surface area contributed by atoms with Gasteiger partial charge in [-0.25, -0.2) is 19.4 Å². The predicted octanol–water partition coefficient (Wildman–Crippen LogP) is 5.20. The molecule has 4 heterocycles. The molecule has 0 radical (unpaired) electrons. The SMILES string of the molecule is CC(C)c1nc(CN(C)C(=O)N[C@H](C(=O)N[C@@H](Cc2ccccc2)C[C@H](O)[C@H](Cc2ccccc2)NC(=O)OCc2cncs2)C(C)C)cs1.Cc1cn([C@H]2C=C[C@@H](CO)O2)c(=O)[nH]c1=O. The predicted molar refractivity (Wildman–Crippen MR) is 253 cm³/mol. The average molecular weight is 945 g/mol. The number of carbonyl (C=O) groups is 3. The van der Waals surface area contributed by atoms with E-state index < -0.39 is 53.9 Å². The molecule has 4 amide bonds. The highest BCUT2D eigenvalue weighted by Crippen LogP contribution is 2.21. The molecule has 0 bridgehead atoms. The minimum absolute atomic E-state index is 0.0671. The summed E-state index contributed by atoms with van der Waals surface area (Å²) in [5.41, 5.74) is 3.86. The van der Waals surface area contributed by atoms with Gasteiger partial charge in [0.25, 0.3) is 5.56 Å². The van der Waals surface area contributed by atoms with Gasteiger partial charge in [0.15, 0.2) is 6.23 Å². The molecular formula is C47H60N8O9S2. The van der Waals surface area contributed by atoms with Crippen LogP contribution in [-0.4, -0.2) is 96.7 Å². The maximum Gasteiger partial charge on any atom is 0.407 e. The van der Waals surface area contributed by atoms with Crippen molar-refractivity contribution < 1.29 is 34.1 Å². The van der Waals surface area contributed by atoms with Crippen LogP contribution in [0.4, 0.5) is 9.59 Å². The lowest BCUT2D eigenvalue weighted by Crippen LogP contribution is -2.55. The summed E-state index contributed by atoms with van der Waals surface area (Å²) >= 11 is 2.95. The van der Waals surface area contributed by atoms with Crippen molar-refractivity contribution in [2.75, 3.05) is 13.7 Å². The van der Waals surface area contributed by atoms with Crippen molar-refractivity contribution in [3.8, 4) is 0 Å². The van der Waals surface area contributed by atoms with Crippen LogP contribution in [0.5, 0.6) is 0 Å². The Morgan fingerprint density at radius 3 is 2.23 bits per heavy atom. The van der Waals surface area contributed by atoms with Gasteiger partial charge in [0.1, 0.15) is 18.8 Å². The number of H-pyrrole nitrogens is 1. The van der Waals surface area contributed by atoms with E-state index in [1.807, 2.05) is 79.9 Å². The first kappa shape index (κ1) is 51.0. The third-order valence-electron chi connectivity index (χ3n) is 10.5. The molecule has 66 heavy (non-hydrogen) atoms. The number of urea groups is 1. The van der Waals surface area contributed by atoms with Gasteiger partial charge in [-0.05, 0) is 49.3 Å². The van der Waals surface area contributed by atoms with Gasteiger partial charge in [-0.15, -0.1) is 22.7 Å². The first-order valence-electron chi connectivity index (χ1n) is 21.7. The number of nitrogens with one attached hydrogen (secondary N) is 4. The van der Waals surface area contributed by atoms with Gasteiger partial charge < -0.3 is 40.5 Å². The van der Waals surface area contributed by atoms with Gasteiger partial charge in [-0.2, -0.15) is 0 Å². The fourth-order valence-corrected chi connectivity index (χ4v) is 8.24. The van der Waals surface area contributed by atoms with Crippen LogP contribution < -0.4 is 27.2 Å². The van der Waals surface area contributed by atoms with Crippen LogP contribution in [0.3, 0.4) is 0 Å². The lowest BCUT2D eigenvalue weighted by atomic mass is 9.93. The topological polar surface area (TPSA) is 230 Å². The molecule has 3 aromatic heterocycles. The van der Waals surface area contributed by atoms with Crippen LogP contribution in [0.25, 0.3) is 0 Å². The molecule has 2 aromatic carbocycles. The van der Waals surface area contributed by atoms with Gasteiger partial charge in [0, 0.05) is 42.3 Å². The van der Waals surface area contributed by atoms with E-state index in [1.165, 1.54) is 27.0 Å². The van der Waals surface area contributed by atoms with E-state index in [4.69, 9.17) is 14.6 Å². The van der Waals surface area contributed by atoms with Gasteiger partial charge >= 0.3 is 17.8 Å². The zero-order chi connectivity index (χ0) is 47.8. The summed E-state index contributed by atoms with van der Waals surface area (Å²) in [5, 5.41) is 32.4. The number of aromatic nitrogens is 4. The number of aromatic amines is 1. The smallest absolute Gasteiger partial charge is 0.407 e. The molecule has 17 nitrogen and oxygen atoms in total. The van der Waals surface area contributed by atoms with E-state index in [2.05, 4.69) is 44.7 Å². The summed E-state index contributed by atoms with van der Waals surface area (Å²) in [4.78, 5) is 75.8. The zero-order valence-electron chi connectivity index (χ0n) is 38.0. The summed E-state index contributed by atoms with van der Waals surface area (Å²) in [7, 11) is 1.68. The number of aliphatic hydroxyl groups is 2. The molecule has 0 unspecified atom stereocenters. The molecule has 6 atom stereocenters. The number of ether oxygens (including phenoxy) is 2. The Balaban J connectivity index is 0.000000426. The monoisotopic (exact) mass is 944 g/mol. The first-order chi connectivity index (χ1) is 31.6. The number of aryl methyl sites for hydroxylation is 1. The number of amides is 4. The van der Waals surface area contributed by atoms with Crippen LogP contribution in [0, 0.1) is 12.8 Å². The standard InChI is InChI=1S/C37H48N6O5S2.C10H12N2O4/c1-24(2)33(42-36(46)43(5)20-29-22-49-35(40-29)25(3)4)34(45)39-28(16-26-12-8-6-9-13-26)18-32(44)31(17-27-14-10-7-11-15-27)41-37(47)48-21-30-19-38-23-50-30;1-6-4-12(10(15)11-9(6)14)8-3-2-7(5-13)16-8/h6-15,19,22-25,28,31-33,44H,16-18,20-21H2,1-5H3,(H,39,45)(H,41,47)(H,42,46);2-4,7-8,13H,5H2,1H3,(H,11,14,15)/t28-,31-,32-,33-;7-,8+/m00/s1. The Kier molecular flexibility index (Phi) is 19.4. The van der Waals surface area contributed by atoms with Crippen molar-refractivity contribution >= 4 is 40.7 Å². The third-order valence-corrected chi connectivity index (χ3v) is 12.5. The number of rotatable bonds is 19. The molecule has 0 fully saturated rings. The highest BCUT2D eigenvalue weighted by Gasteiger charge is 2.31.